The van der Waals surface area contributed by atoms with Crippen LogP contribution in [0.5, 0.6) is 0 Å². The summed E-state index contributed by atoms with van der Waals surface area (Å²) in [5.41, 5.74) is 3.08. The van der Waals surface area contributed by atoms with Gasteiger partial charge in [-0.15, -0.1) is 0 Å². The van der Waals surface area contributed by atoms with Crippen molar-refractivity contribution in [3.05, 3.63) is 66.3 Å². The number of nitrogens with zero attached hydrogens (tertiary/aromatic N) is 6. The Bertz CT molecular complexity index is 1150. The summed E-state index contributed by atoms with van der Waals surface area (Å²) in [7, 11) is 3.93. The fourth-order valence-corrected chi connectivity index (χ4v) is 4.00. The molecule has 1 aliphatic heterocycles. The minimum atomic E-state index is 0.131. The molecule has 0 spiro atoms. The number of fused-ring (bicyclic) bond motifs is 1. The predicted molar refractivity (Wildman–Crippen MR) is 116 cm³/mol. The Morgan fingerprint density at radius 2 is 2.00 bits per heavy atom. The van der Waals surface area contributed by atoms with Gasteiger partial charge in [-0.2, -0.15) is 4.98 Å². The lowest BCUT2D eigenvalue weighted by atomic mass is 10.1. The molecule has 0 saturated carbocycles. The maximum atomic E-state index is 5.66. The Balaban J connectivity index is 1.34. The molecule has 5 rings (SSSR count). The zero-order valence-electron chi connectivity index (χ0n) is 17.2. The Morgan fingerprint density at radius 1 is 1.10 bits per heavy atom. The first kappa shape index (κ1) is 18.7. The van der Waals surface area contributed by atoms with E-state index >= 15 is 0 Å². The van der Waals surface area contributed by atoms with Crippen molar-refractivity contribution in [2.24, 2.45) is 0 Å². The van der Waals surface area contributed by atoms with Crippen LogP contribution in [-0.4, -0.2) is 45.6 Å². The second-order valence-electron chi connectivity index (χ2n) is 7.92. The lowest BCUT2D eigenvalue weighted by molar-refractivity contribution is 0.201. The van der Waals surface area contributed by atoms with Gasteiger partial charge in [-0.3, -0.25) is 9.88 Å². The quantitative estimate of drug-likeness (QED) is 0.500. The van der Waals surface area contributed by atoms with Crippen molar-refractivity contribution in [1.82, 2.24) is 25.0 Å². The van der Waals surface area contributed by atoms with Gasteiger partial charge in [-0.05, 0) is 49.2 Å². The van der Waals surface area contributed by atoms with Gasteiger partial charge in [-0.1, -0.05) is 23.4 Å². The Labute approximate surface area is 175 Å². The number of hydrogen-bond acceptors (Lipinski definition) is 7. The molecule has 0 bridgehead atoms. The zero-order chi connectivity index (χ0) is 20.5. The van der Waals surface area contributed by atoms with Gasteiger partial charge in [0.15, 0.2) is 0 Å². The predicted octanol–water partition coefficient (Wildman–Crippen LogP) is 4.08. The van der Waals surface area contributed by atoms with Gasteiger partial charge < -0.3 is 9.42 Å². The van der Waals surface area contributed by atoms with Gasteiger partial charge in [0.1, 0.15) is 5.82 Å². The Hall–Kier alpha value is -3.32. The van der Waals surface area contributed by atoms with Crippen LogP contribution in [0.2, 0.25) is 0 Å². The maximum Gasteiger partial charge on any atom is 0.244 e. The molecule has 0 radical (unpaired) electrons. The average molecular weight is 400 g/mol. The molecule has 1 fully saturated rings. The van der Waals surface area contributed by atoms with Crippen molar-refractivity contribution in [3.63, 3.8) is 0 Å². The van der Waals surface area contributed by atoms with Gasteiger partial charge in [0, 0.05) is 44.0 Å². The highest BCUT2D eigenvalue weighted by Gasteiger charge is 2.31. The zero-order valence-corrected chi connectivity index (χ0v) is 17.2. The molecule has 0 unspecified atom stereocenters. The monoisotopic (exact) mass is 400 g/mol. The summed E-state index contributed by atoms with van der Waals surface area (Å²) >= 11 is 0. The highest BCUT2D eigenvalue weighted by Crippen LogP contribution is 2.33. The Kier molecular flexibility index (Phi) is 4.88. The van der Waals surface area contributed by atoms with Gasteiger partial charge in [-0.25, -0.2) is 4.98 Å². The number of likely N-dealkylation sites (tertiary alicyclic amines) is 1. The van der Waals surface area contributed by atoms with Crippen molar-refractivity contribution in [1.29, 1.82) is 0 Å². The summed E-state index contributed by atoms with van der Waals surface area (Å²) < 4.78 is 5.66. The third-order valence-electron chi connectivity index (χ3n) is 5.59. The molecule has 0 amide bonds. The SMILES string of the molecule is CN(C)c1ccc(-c2noc([C@@H]3CCCN3Cc3cnc4ccccc4c3)n2)cn1. The number of para-hydroxylation sites is 1. The molecule has 7 nitrogen and oxygen atoms in total. The van der Waals surface area contributed by atoms with Crippen LogP contribution in [0.3, 0.4) is 0 Å². The number of benzene rings is 1. The van der Waals surface area contributed by atoms with E-state index in [1.807, 2.05) is 55.5 Å². The minimum absolute atomic E-state index is 0.131. The van der Waals surface area contributed by atoms with E-state index in [0.717, 1.165) is 42.8 Å². The fourth-order valence-electron chi connectivity index (χ4n) is 4.00. The topological polar surface area (TPSA) is 71.2 Å². The highest BCUT2D eigenvalue weighted by atomic mass is 16.5. The van der Waals surface area contributed by atoms with E-state index in [0.29, 0.717) is 11.7 Å². The first-order valence-corrected chi connectivity index (χ1v) is 10.2. The molecular weight excluding hydrogens is 376 g/mol. The van der Waals surface area contributed by atoms with Crippen molar-refractivity contribution < 1.29 is 4.52 Å². The largest absolute Gasteiger partial charge is 0.363 e. The van der Waals surface area contributed by atoms with E-state index in [4.69, 9.17) is 9.51 Å². The number of rotatable bonds is 5. The number of pyridine rings is 2. The van der Waals surface area contributed by atoms with Gasteiger partial charge >= 0.3 is 0 Å². The number of aromatic nitrogens is 4. The van der Waals surface area contributed by atoms with Crippen LogP contribution in [0.25, 0.3) is 22.3 Å². The molecule has 7 heteroatoms. The lowest BCUT2D eigenvalue weighted by Gasteiger charge is -2.21. The van der Waals surface area contributed by atoms with Crippen LogP contribution in [0, 0.1) is 0 Å². The summed E-state index contributed by atoms with van der Waals surface area (Å²) in [6, 6.07) is 14.5. The molecule has 4 heterocycles. The smallest absolute Gasteiger partial charge is 0.244 e. The van der Waals surface area contributed by atoms with Gasteiger partial charge in [0.2, 0.25) is 11.7 Å². The second-order valence-corrected chi connectivity index (χ2v) is 7.92. The summed E-state index contributed by atoms with van der Waals surface area (Å²) in [4.78, 5) is 18.1. The molecule has 30 heavy (non-hydrogen) atoms. The third kappa shape index (κ3) is 3.64. The van der Waals surface area contributed by atoms with E-state index < -0.39 is 0 Å². The van der Waals surface area contributed by atoms with E-state index in [2.05, 4.69) is 32.2 Å². The normalized spacial score (nSPS) is 16.9. The van der Waals surface area contributed by atoms with E-state index in [1.165, 1.54) is 10.9 Å². The fraction of sp³-hybridized carbons (Fsp3) is 0.304. The van der Waals surface area contributed by atoms with E-state index in [9.17, 15) is 0 Å². The summed E-state index contributed by atoms with van der Waals surface area (Å²) in [5, 5.41) is 5.38. The van der Waals surface area contributed by atoms with Crippen molar-refractivity contribution >= 4 is 16.7 Å². The van der Waals surface area contributed by atoms with Crippen molar-refractivity contribution in [2.45, 2.75) is 25.4 Å². The minimum Gasteiger partial charge on any atom is -0.363 e. The van der Waals surface area contributed by atoms with Crippen LogP contribution in [0.4, 0.5) is 5.82 Å². The summed E-state index contributed by atoms with van der Waals surface area (Å²) in [6.45, 7) is 1.83. The number of hydrogen-bond donors (Lipinski definition) is 0. The molecule has 1 saturated heterocycles. The maximum absolute atomic E-state index is 5.66. The van der Waals surface area contributed by atoms with Crippen LogP contribution in [0.15, 0.2) is 59.4 Å². The molecule has 1 atom stereocenters. The third-order valence-corrected chi connectivity index (χ3v) is 5.59. The van der Waals surface area contributed by atoms with Gasteiger partial charge in [0.25, 0.3) is 0 Å². The number of anilines is 1. The molecule has 4 aromatic rings. The molecule has 1 aliphatic rings. The second kappa shape index (κ2) is 7.84. The molecule has 152 valence electrons. The standard InChI is InChI=1S/C23H24N6O/c1-28(2)21-10-9-18(14-25-21)22-26-23(30-27-22)20-8-5-11-29(20)15-16-12-17-6-3-4-7-19(17)24-13-16/h3-4,6-7,9-10,12-14,20H,5,8,11,15H2,1-2H3/t20-/m0/s1. The van der Waals surface area contributed by atoms with Crippen molar-refractivity contribution in [3.8, 4) is 11.4 Å². The lowest BCUT2D eigenvalue weighted by Crippen LogP contribution is -2.23. The average Bonchev–Trinajstić information content (AvgIpc) is 3.43. The highest BCUT2D eigenvalue weighted by molar-refractivity contribution is 5.78. The first-order chi connectivity index (χ1) is 14.7. The van der Waals surface area contributed by atoms with Crippen LogP contribution in [0.1, 0.15) is 30.3 Å². The molecule has 1 aromatic carbocycles. The molecule has 0 N–H and O–H groups in total. The molecular formula is C23H24N6O. The molecule has 3 aromatic heterocycles. The summed E-state index contributed by atoms with van der Waals surface area (Å²) in [6.07, 6.45) is 5.88. The Morgan fingerprint density at radius 3 is 2.83 bits per heavy atom. The van der Waals surface area contributed by atoms with Crippen LogP contribution < -0.4 is 4.90 Å². The van der Waals surface area contributed by atoms with Gasteiger partial charge in [0.05, 0.1) is 11.6 Å². The van der Waals surface area contributed by atoms with Crippen LogP contribution >= 0.6 is 0 Å². The van der Waals surface area contributed by atoms with Crippen molar-refractivity contribution in [2.75, 3.05) is 25.5 Å². The van der Waals surface area contributed by atoms with Crippen LogP contribution in [-0.2, 0) is 6.54 Å². The van der Waals surface area contributed by atoms with E-state index in [-0.39, 0.29) is 6.04 Å². The first-order valence-electron chi connectivity index (χ1n) is 10.2. The van der Waals surface area contributed by atoms with E-state index in [1.54, 1.807) is 6.20 Å². The summed E-state index contributed by atoms with van der Waals surface area (Å²) in [5.74, 6) is 2.16. The molecule has 0 aliphatic carbocycles.